The van der Waals surface area contributed by atoms with E-state index < -0.39 is 12.1 Å². The van der Waals surface area contributed by atoms with Crippen molar-refractivity contribution in [2.45, 2.75) is 63.3 Å². The van der Waals surface area contributed by atoms with Gasteiger partial charge in [-0.05, 0) is 48.8 Å². The summed E-state index contributed by atoms with van der Waals surface area (Å²) in [5.41, 5.74) is 5.03. The van der Waals surface area contributed by atoms with E-state index in [-0.39, 0.29) is 6.42 Å². The lowest BCUT2D eigenvalue weighted by Crippen LogP contribution is -2.16. The van der Waals surface area contributed by atoms with Crippen LogP contribution in [0, 0.1) is 0 Å². The SMILES string of the molecule is O=C(O)Cc1c(C2CCCCC2)cc2n1C(c1ccccc1)CC2.O=C(O)O. The summed E-state index contributed by atoms with van der Waals surface area (Å²) in [4.78, 5) is 20.1. The molecule has 1 aliphatic heterocycles. The van der Waals surface area contributed by atoms with Gasteiger partial charge in [0.15, 0.2) is 0 Å². The Balaban J connectivity index is 0.000000516. The highest BCUT2D eigenvalue weighted by atomic mass is 16.6. The molecule has 6 heteroatoms. The van der Waals surface area contributed by atoms with Crippen LogP contribution in [0.3, 0.4) is 0 Å². The van der Waals surface area contributed by atoms with Crippen LogP contribution in [0.4, 0.5) is 4.79 Å². The third-order valence-corrected chi connectivity index (χ3v) is 5.79. The molecule has 2 aromatic rings. The number of hydrogen-bond acceptors (Lipinski definition) is 2. The number of aromatic nitrogens is 1. The van der Waals surface area contributed by atoms with Crippen molar-refractivity contribution in [2.24, 2.45) is 0 Å². The lowest BCUT2D eigenvalue weighted by atomic mass is 9.83. The zero-order valence-electron chi connectivity index (χ0n) is 15.9. The lowest BCUT2D eigenvalue weighted by Gasteiger charge is -2.24. The van der Waals surface area contributed by atoms with Gasteiger partial charge in [-0.2, -0.15) is 0 Å². The molecule has 3 N–H and O–H groups in total. The Labute approximate surface area is 164 Å². The van der Waals surface area contributed by atoms with Crippen LogP contribution in [-0.2, 0) is 17.6 Å². The molecule has 0 amide bonds. The van der Waals surface area contributed by atoms with E-state index in [1.807, 2.05) is 6.07 Å². The summed E-state index contributed by atoms with van der Waals surface area (Å²) < 4.78 is 2.35. The minimum Gasteiger partial charge on any atom is -0.481 e. The van der Waals surface area contributed by atoms with Gasteiger partial charge in [0.25, 0.3) is 0 Å². The maximum absolute atomic E-state index is 11.5. The molecule has 150 valence electrons. The van der Waals surface area contributed by atoms with E-state index in [4.69, 9.17) is 15.0 Å². The van der Waals surface area contributed by atoms with Gasteiger partial charge in [0, 0.05) is 11.4 Å². The molecule has 28 heavy (non-hydrogen) atoms. The van der Waals surface area contributed by atoms with Crippen molar-refractivity contribution in [1.82, 2.24) is 4.57 Å². The molecule has 4 rings (SSSR count). The topological polar surface area (TPSA) is 99.8 Å². The number of carbonyl (C=O) groups is 2. The predicted octanol–water partition coefficient (Wildman–Crippen LogP) is 4.92. The molecule has 1 unspecified atom stereocenters. The number of fused-ring (bicyclic) bond motifs is 1. The monoisotopic (exact) mass is 385 g/mol. The quantitative estimate of drug-likeness (QED) is 0.693. The van der Waals surface area contributed by atoms with Crippen molar-refractivity contribution in [3.8, 4) is 0 Å². The molecule has 2 aliphatic rings. The Bertz CT molecular complexity index is 817. The van der Waals surface area contributed by atoms with Crippen LogP contribution in [0.15, 0.2) is 36.4 Å². The third-order valence-electron chi connectivity index (χ3n) is 5.79. The van der Waals surface area contributed by atoms with Gasteiger partial charge in [0.2, 0.25) is 0 Å². The Morgan fingerprint density at radius 3 is 2.21 bits per heavy atom. The highest BCUT2D eigenvalue weighted by Gasteiger charge is 2.31. The molecule has 1 aliphatic carbocycles. The van der Waals surface area contributed by atoms with E-state index >= 15 is 0 Å². The van der Waals surface area contributed by atoms with E-state index in [2.05, 4.69) is 34.9 Å². The summed E-state index contributed by atoms with van der Waals surface area (Å²) in [6, 6.07) is 13.2. The van der Waals surface area contributed by atoms with Gasteiger partial charge >= 0.3 is 12.1 Å². The van der Waals surface area contributed by atoms with Gasteiger partial charge in [-0.3, -0.25) is 4.79 Å². The highest BCUT2D eigenvalue weighted by molar-refractivity contribution is 5.70. The summed E-state index contributed by atoms with van der Waals surface area (Å²) >= 11 is 0. The summed E-state index contributed by atoms with van der Waals surface area (Å²) in [6.45, 7) is 0. The largest absolute Gasteiger partial charge is 0.503 e. The Morgan fingerprint density at radius 1 is 0.964 bits per heavy atom. The third kappa shape index (κ3) is 4.55. The van der Waals surface area contributed by atoms with E-state index in [0.717, 1.165) is 18.5 Å². The van der Waals surface area contributed by atoms with Crippen LogP contribution in [0.1, 0.15) is 73.0 Å². The van der Waals surface area contributed by atoms with Crippen molar-refractivity contribution in [3.05, 3.63) is 58.9 Å². The van der Waals surface area contributed by atoms with E-state index in [1.54, 1.807) is 0 Å². The first-order valence-corrected chi connectivity index (χ1v) is 9.89. The summed E-state index contributed by atoms with van der Waals surface area (Å²) in [5.74, 6) is -0.158. The Kier molecular flexibility index (Phi) is 6.39. The molecular formula is C22H27NO5. The average molecular weight is 385 g/mol. The molecule has 0 saturated heterocycles. The number of hydrogen-bond donors (Lipinski definition) is 3. The van der Waals surface area contributed by atoms with Gasteiger partial charge in [0.1, 0.15) is 0 Å². The van der Waals surface area contributed by atoms with Crippen molar-refractivity contribution < 1.29 is 24.9 Å². The number of aryl methyl sites for hydroxylation is 1. The second kappa shape index (κ2) is 8.95. The molecular weight excluding hydrogens is 358 g/mol. The van der Waals surface area contributed by atoms with Crippen LogP contribution < -0.4 is 0 Å². The Morgan fingerprint density at radius 2 is 1.61 bits per heavy atom. The van der Waals surface area contributed by atoms with Gasteiger partial charge in [0.05, 0.1) is 12.5 Å². The smallest absolute Gasteiger partial charge is 0.481 e. The number of benzene rings is 1. The van der Waals surface area contributed by atoms with Crippen molar-refractivity contribution in [1.29, 1.82) is 0 Å². The first kappa shape index (κ1) is 20.0. The summed E-state index contributed by atoms with van der Waals surface area (Å²) in [6.07, 6.45) is 6.76. The zero-order valence-corrected chi connectivity index (χ0v) is 15.9. The molecule has 1 atom stereocenters. The fourth-order valence-electron chi connectivity index (χ4n) is 4.73. The fourth-order valence-corrected chi connectivity index (χ4v) is 4.73. The molecule has 1 aromatic heterocycles. The van der Waals surface area contributed by atoms with Gasteiger partial charge < -0.3 is 19.9 Å². The van der Waals surface area contributed by atoms with E-state index in [1.165, 1.54) is 48.9 Å². The second-order valence-corrected chi connectivity index (χ2v) is 7.56. The van der Waals surface area contributed by atoms with Crippen LogP contribution in [0.2, 0.25) is 0 Å². The zero-order chi connectivity index (χ0) is 20.1. The lowest BCUT2D eigenvalue weighted by molar-refractivity contribution is -0.136. The molecule has 1 saturated carbocycles. The number of aliphatic carboxylic acids is 1. The van der Waals surface area contributed by atoms with Crippen LogP contribution >= 0.6 is 0 Å². The molecule has 1 fully saturated rings. The molecule has 0 bridgehead atoms. The molecule has 2 heterocycles. The first-order chi connectivity index (χ1) is 13.5. The van der Waals surface area contributed by atoms with Crippen LogP contribution in [0.25, 0.3) is 0 Å². The standard InChI is InChI=1S/C21H25NO2.CH2O3/c23-21(24)14-20-18(15-7-3-1-4-8-15)13-17-11-12-19(22(17)20)16-9-5-2-6-10-16;2-1(3)4/h2,5-6,9-10,13,15,19H,1,3-4,7-8,11-12,14H2,(H,23,24);(H2,2,3,4). The maximum atomic E-state index is 11.5. The average Bonchev–Trinajstić information content (AvgIpc) is 3.23. The Hall–Kier alpha value is -2.76. The van der Waals surface area contributed by atoms with Crippen LogP contribution in [-0.4, -0.2) is 32.0 Å². The van der Waals surface area contributed by atoms with Crippen molar-refractivity contribution in [2.75, 3.05) is 0 Å². The van der Waals surface area contributed by atoms with E-state index in [9.17, 15) is 9.90 Å². The van der Waals surface area contributed by atoms with Crippen LogP contribution in [0.5, 0.6) is 0 Å². The minimum atomic E-state index is -1.83. The minimum absolute atomic E-state index is 0.148. The van der Waals surface area contributed by atoms with Gasteiger partial charge in [-0.1, -0.05) is 49.6 Å². The summed E-state index contributed by atoms with van der Waals surface area (Å²) in [7, 11) is 0. The molecule has 0 radical (unpaired) electrons. The molecule has 6 nitrogen and oxygen atoms in total. The number of carboxylic acid groups (broad SMARTS) is 3. The second-order valence-electron chi connectivity index (χ2n) is 7.56. The van der Waals surface area contributed by atoms with Gasteiger partial charge in [-0.15, -0.1) is 0 Å². The molecule has 1 aromatic carbocycles. The predicted molar refractivity (Wildman–Crippen MR) is 105 cm³/mol. The molecule has 0 spiro atoms. The highest BCUT2D eigenvalue weighted by Crippen LogP contribution is 2.42. The van der Waals surface area contributed by atoms with Gasteiger partial charge in [-0.25, -0.2) is 4.79 Å². The number of carboxylic acids is 1. The summed E-state index contributed by atoms with van der Waals surface area (Å²) in [5, 5.41) is 23.4. The first-order valence-electron chi connectivity index (χ1n) is 9.89. The maximum Gasteiger partial charge on any atom is 0.503 e. The normalized spacial score (nSPS) is 18.8. The number of rotatable bonds is 4. The number of nitrogens with zero attached hydrogens (tertiary/aromatic N) is 1. The fraction of sp³-hybridized carbons (Fsp3) is 0.455. The van der Waals surface area contributed by atoms with E-state index in [0.29, 0.717) is 12.0 Å². The van der Waals surface area contributed by atoms with Crippen molar-refractivity contribution >= 4 is 12.1 Å². The van der Waals surface area contributed by atoms with Crippen molar-refractivity contribution in [3.63, 3.8) is 0 Å².